The molecule has 41 heavy (non-hydrogen) atoms. The van der Waals surface area contributed by atoms with Crippen LogP contribution in [0.1, 0.15) is 29.9 Å². The van der Waals surface area contributed by atoms with Crippen molar-refractivity contribution in [3.8, 4) is 16.8 Å². The van der Waals surface area contributed by atoms with Crippen molar-refractivity contribution >= 4 is 46.0 Å². The molecule has 0 bridgehead atoms. The molecule has 0 unspecified atom stereocenters. The molecule has 9 heteroatoms. The maximum Gasteiger partial charge on any atom is 0.331 e. The lowest BCUT2D eigenvalue weighted by atomic mass is 9.88. The number of fused-ring (bicyclic) bond motifs is 1. The Hall–Kier alpha value is -4.04. The standard InChI is InChI=1S/C32H29Cl2N5O2/c33-26-12-11-23(18-27(26)34)36-31(40)38-15-13-21(14-16-38)24-7-1-2-9-28(24)39-29-10-4-8-25(30(29)37-32(39)41)22-6-3-5-20(17-22)19-35/h1-12,17-18,21H,13-16,19,35H2,(H,36,40)(H,37,41). The van der Waals surface area contributed by atoms with Crippen LogP contribution in [0, 0.1) is 0 Å². The van der Waals surface area contributed by atoms with Crippen molar-refractivity contribution in [2.45, 2.75) is 25.3 Å². The molecule has 208 valence electrons. The molecule has 0 spiro atoms. The lowest BCUT2D eigenvalue weighted by molar-refractivity contribution is 0.194. The van der Waals surface area contributed by atoms with Gasteiger partial charge in [-0.3, -0.25) is 4.57 Å². The number of nitrogens with zero attached hydrogens (tertiary/aromatic N) is 2. The molecule has 0 atom stereocenters. The van der Waals surface area contributed by atoms with Crippen molar-refractivity contribution in [1.82, 2.24) is 14.5 Å². The molecule has 1 fully saturated rings. The first-order valence-corrected chi connectivity index (χ1v) is 14.3. The lowest BCUT2D eigenvalue weighted by Gasteiger charge is -2.33. The van der Waals surface area contributed by atoms with Crippen LogP contribution in [0.15, 0.2) is 89.7 Å². The first-order valence-electron chi connectivity index (χ1n) is 13.6. The Labute approximate surface area is 247 Å². The minimum absolute atomic E-state index is 0.172. The summed E-state index contributed by atoms with van der Waals surface area (Å²) in [5.41, 5.74) is 12.8. The molecule has 1 saturated heterocycles. The molecular weight excluding hydrogens is 557 g/mol. The number of likely N-dealkylation sites (tertiary alicyclic amines) is 1. The zero-order valence-corrected chi connectivity index (χ0v) is 23.8. The Morgan fingerprint density at radius 2 is 1.71 bits per heavy atom. The topological polar surface area (TPSA) is 96.2 Å². The number of hydrogen-bond donors (Lipinski definition) is 3. The predicted molar refractivity (Wildman–Crippen MR) is 166 cm³/mol. The van der Waals surface area contributed by atoms with Gasteiger partial charge in [0.05, 0.1) is 26.8 Å². The number of urea groups is 1. The average molecular weight is 587 g/mol. The number of carbonyl (C=O) groups is 1. The highest BCUT2D eigenvalue weighted by molar-refractivity contribution is 6.42. The number of hydrogen-bond acceptors (Lipinski definition) is 3. The lowest BCUT2D eigenvalue weighted by Crippen LogP contribution is -2.40. The fourth-order valence-corrected chi connectivity index (χ4v) is 5.98. The quantitative estimate of drug-likeness (QED) is 0.204. The monoisotopic (exact) mass is 585 g/mol. The number of aromatic amines is 1. The van der Waals surface area contributed by atoms with Gasteiger partial charge in [0.2, 0.25) is 0 Å². The summed E-state index contributed by atoms with van der Waals surface area (Å²) >= 11 is 12.1. The van der Waals surface area contributed by atoms with Crippen LogP contribution >= 0.6 is 23.2 Å². The third-order valence-corrected chi connectivity index (χ3v) is 8.50. The van der Waals surface area contributed by atoms with Crippen molar-refractivity contribution in [3.63, 3.8) is 0 Å². The molecular formula is C32H29Cl2N5O2. The van der Waals surface area contributed by atoms with Crippen molar-refractivity contribution in [2.75, 3.05) is 18.4 Å². The Morgan fingerprint density at radius 3 is 2.49 bits per heavy atom. The second kappa shape index (κ2) is 11.4. The number of piperidine rings is 1. The van der Waals surface area contributed by atoms with Crippen molar-refractivity contribution in [1.29, 1.82) is 0 Å². The van der Waals surface area contributed by atoms with Crippen molar-refractivity contribution in [2.24, 2.45) is 5.73 Å². The Kier molecular flexibility index (Phi) is 7.58. The Balaban J connectivity index is 1.26. The number of carbonyl (C=O) groups excluding carboxylic acids is 1. The molecule has 5 aromatic rings. The number of aromatic nitrogens is 2. The van der Waals surface area contributed by atoms with E-state index in [-0.39, 0.29) is 17.6 Å². The van der Waals surface area contributed by atoms with Gasteiger partial charge in [0.15, 0.2) is 0 Å². The molecule has 1 aliphatic heterocycles. The molecule has 2 heterocycles. The summed E-state index contributed by atoms with van der Waals surface area (Å²) in [7, 11) is 0. The minimum atomic E-state index is -0.187. The zero-order valence-electron chi connectivity index (χ0n) is 22.2. The van der Waals surface area contributed by atoms with Gasteiger partial charge in [0, 0.05) is 30.9 Å². The number of amides is 2. The van der Waals surface area contributed by atoms with E-state index in [1.54, 1.807) is 27.7 Å². The van der Waals surface area contributed by atoms with Crippen LogP contribution in [0.3, 0.4) is 0 Å². The highest BCUT2D eigenvalue weighted by Gasteiger charge is 2.27. The number of nitrogens with one attached hydrogen (secondary N) is 2. The van der Waals surface area contributed by atoms with Gasteiger partial charge in [-0.15, -0.1) is 0 Å². The van der Waals surface area contributed by atoms with Crippen molar-refractivity contribution < 1.29 is 4.79 Å². The summed E-state index contributed by atoms with van der Waals surface area (Å²) in [6.07, 6.45) is 1.56. The third-order valence-electron chi connectivity index (χ3n) is 7.76. The van der Waals surface area contributed by atoms with Crippen LogP contribution in [0.2, 0.25) is 10.0 Å². The summed E-state index contributed by atoms with van der Waals surface area (Å²) in [4.78, 5) is 31.3. The van der Waals surface area contributed by atoms with E-state index in [1.165, 1.54) is 0 Å². The SMILES string of the molecule is NCc1cccc(-c2cccc3c2[nH]c(=O)n3-c2ccccc2C2CCN(C(=O)Nc3ccc(Cl)c(Cl)c3)CC2)c1. The van der Waals surface area contributed by atoms with E-state index >= 15 is 0 Å². The summed E-state index contributed by atoms with van der Waals surface area (Å²) < 4.78 is 1.77. The molecule has 0 aliphatic carbocycles. The number of anilines is 1. The highest BCUT2D eigenvalue weighted by atomic mass is 35.5. The highest BCUT2D eigenvalue weighted by Crippen LogP contribution is 2.35. The van der Waals surface area contributed by atoms with Crippen LogP contribution in [0.4, 0.5) is 10.5 Å². The molecule has 2 amide bonds. The first-order chi connectivity index (χ1) is 19.9. The molecule has 7 nitrogen and oxygen atoms in total. The Morgan fingerprint density at radius 1 is 0.927 bits per heavy atom. The van der Waals surface area contributed by atoms with Crippen molar-refractivity contribution in [3.05, 3.63) is 117 Å². The zero-order chi connectivity index (χ0) is 28.5. The number of para-hydroxylation sites is 2. The maximum atomic E-state index is 13.4. The van der Waals surface area contributed by atoms with Gasteiger partial charge in [-0.2, -0.15) is 0 Å². The number of nitrogens with two attached hydrogens (primary N) is 1. The number of halogens is 2. The molecule has 4 N–H and O–H groups in total. The minimum Gasteiger partial charge on any atom is -0.326 e. The third kappa shape index (κ3) is 5.36. The normalized spacial score (nSPS) is 14.0. The number of imidazole rings is 1. The number of benzene rings is 4. The maximum absolute atomic E-state index is 13.4. The second-order valence-corrected chi connectivity index (χ2v) is 11.1. The molecule has 0 saturated carbocycles. The fourth-order valence-electron chi connectivity index (χ4n) is 5.68. The van der Waals surface area contributed by atoms with Crippen LogP contribution in [0.5, 0.6) is 0 Å². The van der Waals surface area contributed by atoms with Gasteiger partial charge in [0.25, 0.3) is 0 Å². The van der Waals surface area contributed by atoms with Gasteiger partial charge >= 0.3 is 11.7 Å². The molecule has 0 radical (unpaired) electrons. The predicted octanol–water partition coefficient (Wildman–Crippen LogP) is 7.16. The van der Waals surface area contributed by atoms with E-state index in [0.29, 0.717) is 35.4 Å². The van der Waals surface area contributed by atoms with Gasteiger partial charge in [-0.25, -0.2) is 9.59 Å². The average Bonchev–Trinajstić information content (AvgIpc) is 3.34. The van der Waals surface area contributed by atoms with E-state index < -0.39 is 0 Å². The summed E-state index contributed by atoms with van der Waals surface area (Å²) in [6.45, 7) is 1.64. The van der Waals surface area contributed by atoms with Gasteiger partial charge in [-0.05, 0) is 71.8 Å². The molecule has 4 aromatic carbocycles. The molecule has 6 rings (SSSR count). The van der Waals surface area contributed by atoms with E-state index in [0.717, 1.165) is 51.8 Å². The summed E-state index contributed by atoms with van der Waals surface area (Å²) in [5, 5.41) is 3.74. The Bertz CT molecular complexity index is 1800. The van der Waals surface area contributed by atoms with Crippen LogP contribution < -0.4 is 16.7 Å². The van der Waals surface area contributed by atoms with E-state index in [9.17, 15) is 9.59 Å². The fraction of sp³-hybridized carbons (Fsp3) is 0.188. The van der Waals surface area contributed by atoms with Gasteiger partial charge in [0.1, 0.15) is 0 Å². The summed E-state index contributed by atoms with van der Waals surface area (Å²) in [5.74, 6) is 0.196. The second-order valence-electron chi connectivity index (χ2n) is 10.2. The first kappa shape index (κ1) is 27.1. The van der Waals surface area contributed by atoms with E-state index in [1.807, 2.05) is 54.6 Å². The molecule has 1 aromatic heterocycles. The largest absolute Gasteiger partial charge is 0.331 e. The van der Waals surface area contributed by atoms with Crippen LogP contribution in [-0.2, 0) is 6.54 Å². The smallest absolute Gasteiger partial charge is 0.326 e. The molecule has 1 aliphatic rings. The van der Waals surface area contributed by atoms with E-state index in [4.69, 9.17) is 28.9 Å². The van der Waals surface area contributed by atoms with E-state index in [2.05, 4.69) is 22.4 Å². The van der Waals surface area contributed by atoms with Gasteiger partial charge < -0.3 is 20.9 Å². The van der Waals surface area contributed by atoms with Crippen LogP contribution in [-0.4, -0.2) is 33.6 Å². The number of H-pyrrole nitrogens is 1. The van der Waals surface area contributed by atoms with Gasteiger partial charge in [-0.1, -0.05) is 71.7 Å². The van der Waals surface area contributed by atoms with Crippen LogP contribution in [0.25, 0.3) is 27.8 Å². The number of rotatable bonds is 5. The summed E-state index contributed by atoms with van der Waals surface area (Å²) in [6, 6.07) is 26.9.